The lowest BCUT2D eigenvalue weighted by molar-refractivity contribution is -0.142. The van der Waals surface area contributed by atoms with Gasteiger partial charge >= 0.3 is 0 Å². The molecule has 9 nitrogen and oxygen atoms in total. The normalized spacial score (nSPS) is 20.0. The largest absolute Gasteiger partial charge is 0.444 e. The van der Waals surface area contributed by atoms with Crippen LogP contribution in [0.2, 0.25) is 0 Å². The third kappa shape index (κ3) is 5.30. The SMILES string of the molecule is Cc1cc(C(C(=O)N2C[C@H](O)C[C@H]2C(=O)N[C@@H](C)c2ccc(-c3cnco3)cc2)C(C)(C)C)on1. The van der Waals surface area contributed by atoms with Crippen molar-refractivity contribution in [3.63, 3.8) is 0 Å². The molecule has 1 saturated heterocycles. The molecule has 3 heterocycles. The average molecular weight is 481 g/mol. The summed E-state index contributed by atoms with van der Waals surface area (Å²) >= 11 is 0. The molecule has 9 heteroatoms. The number of oxazole rings is 1. The van der Waals surface area contributed by atoms with E-state index in [1.165, 1.54) is 11.3 Å². The minimum atomic E-state index is -0.776. The topological polar surface area (TPSA) is 122 Å². The lowest BCUT2D eigenvalue weighted by Crippen LogP contribution is -2.49. The number of amides is 2. The summed E-state index contributed by atoms with van der Waals surface area (Å²) in [5.41, 5.74) is 2.00. The van der Waals surface area contributed by atoms with Gasteiger partial charge in [-0.3, -0.25) is 9.59 Å². The maximum absolute atomic E-state index is 13.7. The summed E-state index contributed by atoms with van der Waals surface area (Å²) in [4.78, 5) is 32.4. The Bertz CT molecular complexity index is 1160. The molecule has 2 N–H and O–H groups in total. The number of nitrogens with zero attached hydrogens (tertiary/aromatic N) is 3. The van der Waals surface area contributed by atoms with Gasteiger partial charge in [0, 0.05) is 24.6 Å². The van der Waals surface area contributed by atoms with Gasteiger partial charge in [-0.25, -0.2) is 4.98 Å². The van der Waals surface area contributed by atoms with Crippen LogP contribution in [-0.4, -0.2) is 50.7 Å². The Labute approximate surface area is 204 Å². The summed E-state index contributed by atoms with van der Waals surface area (Å²) in [5.74, 6) is -0.0682. The standard InChI is InChI=1S/C26H32N4O5/c1-15-10-21(35-29-15)23(26(3,4)5)25(33)30-13-19(31)11-20(30)24(32)28-16(2)17-6-8-18(9-7-17)22-12-27-14-34-22/h6-10,12,14,16,19-20,23,31H,11,13H2,1-5H3,(H,28,32)/t16-,19+,20-,23?/m0/s1. The minimum Gasteiger partial charge on any atom is -0.444 e. The Morgan fingerprint density at radius 1 is 1.23 bits per heavy atom. The number of likely N-dealkylation sites (tertiary alicyclic amines) is 1. The Hall–Kier alpha value is -3.46. The Kier molecular flexibility index (Phi) is 6.80. The first kappa shape index (κ1) is 24.7. The molecule has 2 amide bonds. The van der Waals surface area contributed by atoms with Crippen molar-refractivity contribution < 1.29 is 23.6 Å². The maximum atomic E-state index is 13.7. The predicted molar refractivity (Wildman–Crippen MR) is 128 cm³/mol. The van der Waals surface area contributed by atoms with Crippen LogP contribution in [0, 0.1) is 12.3 Å². The van der Waals surface area contributed by atoms with E-state index in [2.05, 4.69) is 15.5 Å². The highest BCUT2D eigenvalue weighted by Gasteiger charge is 2.46. The Morgan fingerprint density at radius 3 is 2.51 bits per heavy atom. The maximum Gasteiger partial charge on any atom is 0.243 e. The van der Waals surface area contributed by atoms with Gasteiger partial charge < -0.3 is 24.3 Å². The second-order valence-corrected chi connectivity index (χ2v) is 10.3. The van der Waals surface area contributed by atoms with Crippen LogP contribution in [0.25, 0.3) is 11.3 Å². The highest BCUT2D eigenvalue weighted by molar-refractivity contribution is 5.91. The number of hydrogen-bond donors (Lipinski definition) is 2. The molecule has 0 aliphatic carbocycles. The molecule has 186 valence electrons. The molecule has 1 aromatic carbocycles. The van der Waals surface area contributed by atoms with Crippen LogP contribution in [0.5, 0.6) is 0 Å². The van der Waals surface area contributed by atoms with Gasteiger partial charge in [-0.15, -0.1) is 0 Å². The van der Waals surface area contributed by atoms with Crippen LogP contribution >= 0.6 is 0 Å². The lowest BCUT2D eigenvalue weighted by atomic mass is 9.78. The Balaban J connectivity index is 1.49. The van der Waals surface area contributed by atoms with Crippen LogP contribution in [0.1, 0.15) is 63.1 Å². The van der Waals surface area contributed by atoms with E-state index in [1.807, 2.05) is 52.0 Å². The second kappa shape index (κ2) is 9.65. The van der Waals surface area contributed by atoms with Crippen molar-refractivity contribution in [3.8, 4) is 11.3 Å². The average Bonchev–Trinajstić information content (AvgIpc) is 3.54. The minimum absolute atomic E-state index is 0.0941. The molecule has 0 bridgehead atoms. The summed E-state index contributed by atoms with van der Waals surface area (Å²) in [6.45, 7) is 9.61. The zero-order chi connectivity index (χ0) is 25.3. The van der Waals surface area contributed by atoms with Gasteiger partial charge in [0.1, 0.15) is 17.7 Å². The molecule has 3 aromatic rings. The van der Waals surface area contributed by atoms with Crippen molar-refractivity contribution in [2.45, 2.75) is 65.1 Å². The quantitative estimate of drug-likeness (QED) is 0.553. The van der Waals surface area contributed by atoms with Crippen molar-refractivity contribution in [1.82, 2.24) is 20.4 Å². The number of aromatic nitrogens is 2. The third-order valence-electron chi connectivity index (χ3n) is 6.39. The van der Waals surface area contributed by atoms with Gasteiger partial charge in [0.25, 0.3) is 0 Å². The first-order valence-electron chi connectivity index (χ1n) is 11.8. The van der Waals surface area contributed by atoms with E-state index in [0.29, 0.717) is 17.2 Å². The van der Waals surface area contributed by atoms with E-state index < -0.39 is 23.5 Å². The van der Waals surface area contributed by atoms with Gasteiger partial charge in [-0.1, -0.05) is 50.2 Å². The summed E-state index contributed by atoms with van der Waals surface area (Å²) in [5, 5.41) is 17.3. The smallest absolute Gasteiger partial charge is 0.243 e. The first-order valence-corrected chi connectivity index (χ1v) is 11.8. The molecule has 4 rings (SSSR count). The molecule has 4 atom stereocenters. The number of hydrogen-bond acceptors (Lipinski definition) is 7. The van der Waals surface area contributed by atoms with Gasteiger partial charge in [0.2, 0.25) is 11.8 Å². The summed E-state index contributed by atoms with van der Waals surface area (Å²) < 4.78 is 10.8. The fourth-order valence-corrected chi connectivity index (χ4v) is 4.60. The van der Waals surface area contributed by atoms with Crippen LogP contribution < -0.4 is 5.32 Å². The molecule has 1 aliphatic rings. The van der Waals surface area contributed by atoms with Gasteiger partial charge in [0.15, 0.2) is 12.2 Å². The monoisotopic (exact) mass is 480 g/mol. The fourth-order valence-electron chi connectivity index (χ4n) is 4.60. The number of β-amino-alcohol motifs (C(OH)–C–C–N with tert-alkyl or cyclic N) is 1. The number of nitrogens with one attached hydrogen (secondary N) is 1. The fraction of sp³-hybridized carbons (Fsp3) is 0.462. The summed E-state index contributed by atoms with van der Waals surface area (Å²) in [6, 6.07) is 8.31. The molecule has 1 fully saturated rings. The van der Waals surface area contributed by atoms with Crippen LogP contribution in [0.15, 0.2) is 51.9 Å². The van der Waals surface area contributed by atoms with Gasteiger partial charge in [-0.05, 0) is 24.8 Å². The zero-order valence-electron chi connectivity index (χ0n) is 20.7. The second-order valence-electron chi connectivity index (χ2n) is 10.3. The molecular weight excluding hydrogens is 448 g/mol. The van der Waals surface area contributed by atoms with E-state index in [1.54, 1.807) is 19.2 Å². The molecule has 2 aromatic heterocycles. The van der Waals surface area contributed by atoms with Crippen LogP contribution in [-0.2, 0) is 9.59 Å². The molecule has 0 radical (unpaired) electrons. The molecule has 35 heavy (non-hydrogen) atoms. The summed E-state index contributed by atoms with van der Waals surface area (Å²) in [7, 11) is 0. The van der Waals surface area contributed by atoms with Crippen LogP contribution in [0.3, 0.4) is 0 Å². The number of aryl methyl sites for hydroxylation is 1. The van der Waals surface area contributed by atoms with E-state index in [0.717, 1.165) is 11.1 Å². The lowest BCUT2D eigenvalue weighted by Gasteiger charge is -2.33. The van der Waals surface area contributed by atoms with Gasteiger partial charge in [0.05, 0.1) is 24.0 Å². The van der Waals surface area contributed by atoms with Crippen molar-refractivity contribution in [1.29, 1.82) is 0 Å². The first-order chi connectivity index (χ1) is 16.5. The highest BCUT2D eigenvalue weighted by Crippen LogP contribution is 2.38. The van der Waals surface area contributed by atoms with E-state index in [9.17, 15) is 14.7 Å². The zero-order valence-corrected chi connectivity index (χ0v) is 20.7. The van der Waals surface area contributed by atoms with Crippen molar-refractivity contribution in [3.05, 3.63) is 59.9 Å². The molecule has 0 saturated carbocycles. The van der Waals surface area contributed by atoms with E-state index in [-0.39, 0.29) is 30.8 Å². The predicted octanol–water partition coefficient (Wildman–Crippen LogP) is 3.61. The van der Waals surface area contributed by atoms with Crippen molar-refractivity contribution >= 4 is 11.8 Å². The Morgan fingerprint density at radius 2 is 1.94 bits per heavy atom. The third-order valence-corrected chi connectivity index (χ3v) is 6.39. The number of aliphatic hydroxyl groups is 1. The highest BCUT2D eigenvalue weighted by atomic mass is 16.5. The summed E-state index contributed by atoms with van der Waals surface area (Å²) in [6.07, 6.45) is 2.43. The van der Waals surface area contributed by atoms with Crippen molar-refractivity contribution in [2.24, 2.45) is 5.41 Å². The van der Waals surface area contributed by atoms with Crippen LogP contribution in [0.4, 0.5) is 0 Å². The van der Waals surface area contributed by atoms with Gasteiger partial charge in [-0.2, -0.15) is 0 Å². The number of carbonyl (C=O) groups excluding carboxylic acids is 2. The van der Waals surface area contributed by atoms with E-state index >= 15 is 0 Å². The number of aliphatic hydroxyl groups excluding tert-OH is 1. The number of benzene rings is 1. The molecule has 0 spiro atoms. The number of rotatable bonds is 6. The molecule has 1 aliphatic heterocycles. The van der Waals surface area contributed by atoms with Crippen molar-refractivity contribution in [2.75, 3.05) is 6.54 Å². The number of carbonyl (C=O) groups is 2. The molecular formula is C26H32N4O5. The van der Waals surface area contributed by atoms with E-state index in [4.69, 9.17) is 8.94 Å². The molecule has 1 unspecified atom stereocenters.